The van der Waals surface area contributed by atoms with Gasteiger partial charge in [0.05, 0.1) is 6.10 Å². The van der Waals surface area contributed by atoms with Gasteiger partial charge in [-0.1, -0.05) is 18.2 Å². The molecule has 1 aliphatic heterocycles. The number of fused-ring (bicyclic) bond motifs is 3. The first kappa shape index (κ1) is 14.6. The standard InChI is InChI=1S/C19H18F2O2/c1-11-4-8-14-15-9-6-12(5-7-13-3-2-10-22-13)17(21)19(15)23-18(14)16(11)20/h4,6,8-9,13H,2-3,5,7,10H2,1H3. The molecule has 0 aliphatic carbocycles. The minimum Gasteiger partial charge on any atom is -0.450 e. The van der Waals surface area contributed by atoms with Crippen molar-refractivity contribution in [1.29, 1.82) is 0 Å². The molecule has 1 aromatic heterocycles. The third-order valence-corrected chi connectivity index (χ3v) is 4.72. The average Bonchev–Trinajstić information content (AvgIpc) is 3.18. The van der Waals surface area contributed by atoms with Gasteiger partial charge < -0.3 is 9.15 Å². The molecule has 1 atom stereocenters. The van der Waals surface area contributed by atoms with Crippen LogP contribution in [-0.2, 0) is 11.2 Å². The molecule has 1 unspecified atom stereocenters. The normalized spacial score (nSPS) is 18.3. The van der Waals surface area contributed by atoms with Gasteiger partial charge in [0.15, 0.2) is 22.8 Å². The summed E-state index contributed by atoms with van der Waals surface area (Å²) >= 11 is 0. The number of halogens is 2. The highest BCUT2D eigenvalue weighted by atomic mass is 19.1. The van der Waals surface area contributed by atoms with Crippen LogP contribution >= 0.6 is 0 Å². The van der Waals surface area contributed by atoms with E-state index in [1.54, 1.807) is 25.1 Å². The van der Waals surface area contributed by atoms with Crippen LogP contribution in [0, 0.1) is 18.6 Å². The Morgan fingerprint density at radius 3 is 2.52 bits per heavy atom. The number of aryl methyl sites for hydroxylation is 2. The first-order valence-corrected chi connectivity index (χ1v) is 8.05. The van der Waals surface area contributed by atoms with Gasteiger partial charge in [0, 0.05) is 17.4 Å². The van der Waals surface area contributed by atoms with E-state index in [2.05, 4.69) is 0 Å². The summed E-state index contributed by atoms with van der Waals surface area (Å²) in [4.78, 5) is 0. The fourth-order valence-electron chi connectivity index (χ4n) is 3.36. The van der Waals surface area contributed by atoms with Crippen LogP contribution in [0.15, 0.2) is 28.7 Å². The summed E-state index contributed by atoms with van der Waals surface area (Å²) < 4.78 is 40.1. The highest BCUT2D eigenvalue weighted by Gasteiger charge is 2.20. The molecule has 0 spiro atoms. The third kappa shape index (κ3) is 2.41. The molecule has 2 heterocycles. The lowest BCUT2D eigenvalue weighted by atomic mass is 10.0. The first-order chi connectivity index (χ1) is 11.1. The van der Waals surface area contributed by atoms with Crippen molar-refractivity contribution >= 4 is 21.9 Å². The van der Waals surface area contributed by atoms with E-state index in [-0.39, 0.29) is 23.1 Å². The summed E-state index contributed by atoms with van der Waals surface area (Å²) in [6.07, 6.45) is 3.75. The molecule has 3 aromatic rings. The maximum Gasteiger partial charge on any atom is 0.171 e. The van der Waals surface area contributed by atoms with E-state index in [0.717, 1.165) is 25.9 Å². The lowest BCUT2D eigenvalue weighted by Gasteiger charge is -2.09. The quantitative estimate of drug-likeness (QED) is 0.655. The lowest BCUT2D eigenvalue weighted by Crippen LogP contribution is -2.06. The molecule has 0 amide bonds. The molecule has 1 saturated heterocycles. The number of ether oxygens (including phenoxy) is 1. The van der Waals surface area contributed by atoms with Gasteiger partial charge in [-0.05, 0) is 49.8 Å². The summed E-state index contributed by atoms with van der Waals surface area (Å²) in [5.74, 6) is -0.798. The summed E-state index contributed by atoms with van der Waals surface area (Å²) in [6.45, 7) is 2.47. The van der Waals surface area contributed by atoms with Gasteiger partial charge in [-0.2, -0.15) is 0 Å². The molecule has 4 rings (SSSR count). The molecule has 0 N–H and O–H groups in total. The van der Waals surface area contributed by atoms with Crippen molar-refractivity contribution < 1.29 is 17.9 Å². The van der Waals surface area contributed by atoms with Crippen LogP contribution in [-0.4, -0.2) is 12.7 Å². The van der Waals surface area contributed by atoms with Crippen molar-refractivity contribution in [3.8, 4) is 0 Å². The summed E-state index contributed by atoms with van der Waals surface area (Å²) in [5.41, 5.74) is 1.38. The van der Waals surface area contributed by atoms with Crippen molar-refractivity contribution in [3.63, 3.8) is 0 Å². The molecule has 23 heavy (non-hydrogen) atoms. The first-order valence-electron chi connectivity index (χ1n) is 8.05. The number of benzene rings is 2. The summed E-state index contributed by atoms with van der Waals surface area (Å²) in [5, 5.41) is 1.24. The zero-order valence-corrected chi connectivity index (χ0v) is 13.0. The number of furan rings is 1. The Balaban J connectivity index is 1.75. The van der Waals surface area contributed by atoms with Crippen LogP contribution in [0.25, 0.3) is 21.9 Å². The Morgan fingerprint density at radius 2 is 1.78 bits per heavy atom. The van der Waals surface area contributed by atoms with E-state index in [9.17, 15) is 8.78 Å². The van der Waals surface area contributed by atoms with Gasteiger partial charge in [0.25, 0.3) is 0 Å². The Morgan fingerprint density at radius 1 is 1.04 bits per heavy atom. The van der Waals surface area contributed by atoms with Gasteiger partial charge in [-0.15, -0.1) is 0 Å². The minimum absolute atomic E-state index is 0.134. The lowest BCUT2D eigenvalue weighted by molar-refractivity contribution is 0.104. The van der Waals surface area contributed by atoms with Crippen LogP contribution in [0.4, 0.5) is 8.78 Å². The van der Waals surface area contributed by atoms with Crippen LogP contribution < -0.4 is 0 Å². The zero-order chi connectivity index (χ0) is 16.0. The predicted octanol–water partition coefficient (Wildman–Crippen LogP) is 5.28. The van der Waals surface area contributed by atoms with Crippen LogP contribution in [0.5, 0.6) is 0 Å². The largest absolute Gasteiger partial charge is 0.450 e. The second kappa shape index (κ2) is 5.60. The molecular formula is C19H18F2O2. The maximum atomic E-state index is 14.8. The van der Waals surface area contributed by atoms with E-state index in [1.807, 2.05) is 6.07 Å². The highest BCUT2D eigenvalue weighted by Crippen LogP contribution is 2.34. The smallest absolute Gasteiger partial charge is 0.171 e. The van der Waals surface area contributed by atoms with E-state index >= 15 is 0 Å². The second-order valence-electron chi connectivity index (χ2n) is 6.26. The fourth-order valence-corrected chi connectivity index (χ4v) is 3.36. The summed E-state index contributed by atoms with van der Waals surface area (Å²) in [7, 11) is 0. The van der Waals surface area contributed by atoms with Crippen molar-refractivity contribution in [3.05, 3.63) is 47.0 Å². The maximum absolute atomic E-state index is 14.8. The average molecular weight is 316 g/mol. The van der Waals surface area contributed by atoms with E-state index < -0.39 is 5.82 Å². The van der Waals surface area contributed by atoms with E-state index in [0.29, 0.717) is 28.3 Å². The van der Waals surface area contributed by atoms with Crippen LogP contribution in [0.1, 0.15) is 30.4 Å². The van der Waals surface area contributed by atoms with Gasteiger partial charge in [0.2, 0.25) is 0 Å². The summed E-state index contributed by atoms with van der Waals surface area (Å²) in [6, 6.07) is 7.07. The second-order valence-corrected chi connectivity index (χ2v) is 6.26. The van der Waals surface area contributed by atoms with Crippen molar-refractivity contribution in [2.24, 2.45) is 0 Å². The fraction of sp³-hybridized carbons (Fsp3) is 0.368. The third-order valence-electron chi connectivity index (χ3n) is 4.72. The van der Waals surface area contributed by atoms with Crippen LogP contribution in [0.2, 0.25) is 0 Å². The molecule has 2 nitrogen and oxygen atoms in total. The Hall–Kier alpha value is -1.94. The molecule has 4 heteroatoms. The Labute approximate surface area is 133 Å². The molecular weight excluding hydrogens is 298 g/mol. The monoisotopic (exact) mass is 316 g/mol. The van der Waals surface area contributed by atoms with Crippen molar-refractivity contribution in [1.82, 2.24) is 0 Å². The SMILES string of the molecule is Cc1ccc2c(oc3c(F)c(CCC4CCCO4)ccc32)c1F. The topological polar surface area (TPSA) is 22.4 Å². The Bertz CT molecular complexity index is 876. The number of rotatable bonds is 3. The van der Waals surface area contributed by atoms with Gasteiger partial charge in [-0.25, -0.2) is 8.78 Å². The number of hydrogen-bond acceptors (Lipinski definition) is 2. The minimum atomic E-state index is -0.418. The van der Waals surface area contributed by atoms with E-state index in [4.69, 9.17) is 9.15 Å². The molecule has 0 saturated carbocycles. The molecule has 120 valence electrons. The van der Waals surface area contributed by atoms with Gasteiger partial charge in [-0.3, -0.25) is 0 Å². The predicted molar refractivity (Wildman–Crippen MR) is 85.7 cm³/mol. The Kier molecular flexibility index (Phi) is 3.57. The number of hydrogen-bond donors (Lipinski definition) is 0. The van der Waals surface area contributed by atoms with Crippen LogP contribution in [0.3, 0.4) is 0 Å². The molecule has 0 radical (unpaired) electrons. The molecule has 0 bridgehead atoms. The zero-order valence-electron chi connectivity index (χ0n) is 13.0. The van der Waals surface area contributed by atoms with Crippen molar-refractivity contribution in [2.45, 2.75) is 38.7 Å². The van der Waals surface area contributed by atoms with Gasteiger partial charge in [0.1, 0.15) is 0 Å². The van der Waals surface area contributed by atoms with Crippen molar-refractivity contribution in [2.75, 3.05) is 6.61 Å². The molecule has 2 aromatic carbocycles. The molecule has 1 fully saturated rings. The van der Waals surface area contributed by atoms with Gasteiger partial charge >= 0.3 is 0 Å². The highest BCUT2D eigenvalue weighted by molar-refractivity contribution is 6.05. The molecule has 1 aliphatic rings. The van der Waals surface area contributed by atoms with E-state index in [1.165, 1.54) is 0 Å².